The van der Waals surface area contributed by atoms with Crippen LogP contribution in [0, 0.1) is 11.8 Å². The van der Waals surface area contributed by atoms with Crippen LogP contribution in [0.15, 0.2) is 28.7 Å². The molecular weight excluding hydrogens is 322 g/mol. The van der Waals surface area contributed by atoms with Crippen LogP contribution in [0.5, 0.6) is 0 Å². The van der Waals surface area contributed by atoms with Crippen LogP contribution in [0.25, 0.3) is 0 Å². The first-order valence-electron chi connectivity index (χ1n) is 6.73. The Kier molecular flexibility index (Phi) is 4.81. The molecular formula is C15H18BrNO3. The van der Waals surface area contributed by atoms with E-state index in [2.05, 4.69) is 15.9 Å². The second-order valence-electron chi connectivity index (χ2n) is 5.31. The zero-order chi connectivity index (χ0) is 14.7. The Morgan fingerprint density at radius 2 is 2.05 bits per heavy atom. The molecule has 108 valence electrons. The minimum absolute atomic E-state index is 0.0277. The quantitative estimate of drug-likeness (QED) is 0.917. The van der Waals surface area contributed by atoms with Crippen LogP contribution in [0.4, 0.5) is 0 Å². The number of carboxylic acid groups (broad SMARTS) is 1. The lowest BCUT2D eigenvalue weighted by molar-refractivity contribution is -0.142. The Labute approximate surface area is 126 Å². The third-order valence-corrected chi connectivity index (χ3v) is 4.62. The number of halogens is 1. The molecule has 5 heteroatoms. The summed E-state index contributed by atoms with van der Waals surface area (Å²) in [5, 5.41) is 9.08. The van der Waals surface area contributed by atoms with E-state index >= 15 is 0 Å². The Bertz CT molecular complexity index is 518. The number of benzene rings is 1. The lowest BCUT2D eigenvalue weighted by Gasteiger charge is -2.16. The van der Waals surface area contributed by atoms with Gasteiger partial charge in [0.2, 0.25) is 5.91 Å². The summed E-state index contributed by atoms with van der Waals surface area (Å²) >= 11 is 3.47. The summed E-state index contributed by atoms with van der Waals surface area (Å²) in [4.78, 5) is 24.9. The normalized spacial score (nSPS) is 22.0. The van der Waals surface area contributed by atoms with E-state index in [-0.39, 0.29) is 11.8 Å². The van der Waals surface area contributed by atoms with Crippen LogP contribution >= 0.6 is 15.9 Å². The number of hydrogen-bond acceptors (Lipinski definition) is 2. The molecule has 20 heavy (non-hydrogen) atoms. The number of hydrogen-bond donors (Lipinski definition) is 1. The molecule has 4 nitrogen and oxygen atoms in total. The monoisotopic (exact) mass is 339 g/mol. The minimum Gasteiger partial charge on any atom is -0.481 e. The van der Waals surface area contributed by atoms with Gasteiger partial charge < -0.3 is 10.0 Å². The average Bonchev–Trinajstić information content (AvgIpc) is 2.80. The van der Waals surface area contributed by atoms with Gasteiger partial charge in [-0.2, -0.15) is 0 Å². The smallest absolute Gasteiger partial charge is 0.308 e. The number of rotatable bonds is 4. The molecule has 0 unspecified atom stereocenters. The number of carbonyl (C=O) groups is 2. The minimum atomic E-state index is -0.807. The first kappa shape index (κ1) is 15.0. The molecule has 2 atom stereocenters. The van der Waals surface area contributed by atoms with Crippen molar-refractivity contribution < 1.29 is 14.7 Å². The van der Waals surface area contributed by atoms with Crippen molar-refractivity contribution in [2.24, 2.45) is 11.8 Å². The van der Waals surface area contributed by atoms with Gasteiger partial charge in [0.1, 0.15) is 0 Å². The van der Waals surface area contributed by atoms with Gasteiger partial charge in [0.05, 0.1) is 5.92 Å². The number of amides is 1. The Morgan fingerprint density at radius 3 is 2.65 bits per heavy atom. The largest absolute Gasteiger partial charge is 0.481 e. The van der Waals surface area contributed by atoms with Gasteiger partial charge in [-0.05, 0) is 24.0 Å². The molecule has 0 aliphatic carbocycles. The molecule has 1 aromatic rings. The van der Waals surface area contributed by atoms with E-state index in [9.17, 15) is 9.59 Å². The van der Waals surface area contributed by atoms with Crippen molar-refractivity contribution >= 4 is 27.8 Å². The van der Waals surface area contributed by atoms with E-state index in [0.717, 1.165) is 10.0 Å². The molecule has 0 aromatic heterocycles. The maximum atomic E-state index is 12.2. The third kappa shape index (κ3) is 3.39. The molecule has 1 aliphatic heterocycles. The van der Waals surface area contributed by atoms with Crippen LogP contribution < -0.4 is 0 Å². The van der Waals surface area contributed by atoms with E-state index in [0.29, 0.717) is 25.9 Å². The predicted octanol–water partition coefficient (Wildman–Crippen LogP) is 2.56. The van der Waals surface area contributed by atoms with Crippen molar-refractivity contribution in [3.05, 3.63) is 34.3 Å². The summed E-state index contributed by atoms with van der Waals surface area (Å²) in [6.07, 6.45) is 1.09. The molecule has 1 amide bonds. The predicted molar refractivity (Wildman–Crippen MR) is 79.3 cm³/mol. The third-order valence-electron chi connectivity index (χ3n) is 3.85. The van der Waals surface area contributed by atoms with Crippen LogP contribution in [-0.4, -0.2) is 35.0 Å². The van der Waals surface area contributed by atoms with Crippen molar-refractivity contribution in [1.82, 2.24) is 4.90 Å². The molecule has 0 saturated carbocycles. The number of nitrogens with zero attached hydrogens (tertiary/aromatic N) is 1. The van der Waals surface area contributed by atoms with Crippen molar-refractivity contribution in [3.63, 3.8) is 0 Å². The van der Waals surface area contributed by atoms with E-state index in [1.165, 1.54) is 0 Å². The highest BCUT2D eigenvalue weighted by atomic mass is 79.9. The molecule has 1 fully saturated rings. The summed E-state index contributed by atoms with van der Waals surface area (Å²) in [6, 6.07) is 7.83. The van der Waals surface area contributed by atoms with Gasteiger partial charge in [-0.1, -0.05) is 41.1 Å². The van der Waals surface area contributed by atoms with Crippen molar-refractivity contribution in [1.29, 1.82) is 0 Å². The SMILES string of the molecule is C[C@@H]1CN(C(=O)CCc2ccccc2Br)C[C@H]1C(=O)O. The molecule has 2 rings (SSSR count). The summed E-state index contributed by atoms with van der Waals surface area (Å²) in [5.74, 6) is -1.17. The molecule has 0 spiro atoms. The summed E-state index contributed by atoms with van der Waals surface area (Å²) in [6.45, 7) is 2.77. The Balaban J connectivity index is 1.90. The van der Waals surface area contributed by atoms with Crippen LogP contribution in [0.3, 0.4) is 0 Å². The molecule has 1 N–H and O–H groups in total. The van der Waals surface area contributed by atoms with Crippen molar-refractivity contribution in [2.45, 2.75) is 19.8 Å². The number of likely N-dealkylation sites (tertiary alicyclic amines) is 1. The van der Waals surface area contributed by atoms with Gasteiger partial charge in [0.15, 0.2) is 0 Å². The highest BCUT2D eigenvalue weighted by molar-refractivity contribution is 9.10. The Hall–Kier alpha value is -1.36. The molecule has 1 aliphatic rings. The molecule has 0 radical (unpaired) electrons. The standard InChI is InChI=1S/C15H18BrNO3/c1-10-8-17(9-12(10)15(19)20)14(18)7-6-11-4-2-3-5-13(11)16/h2-5,10,12H,6-9H2,1H3,(H,19,20)/t10-,12-/m1/s1. The zero-order valence-electron chi connectivity index (χ0n) is 11.4. The highest BCUT2D eigenvalue weighted by Gasteiger charge is 2.36. The molecule has 1 heterocycles. The number of carbonyl (C=O) groups excluding carboxylic acids is 1. The molecule has 1 saturated heterocycles. The van der Waals surface area contributed by atoms with E-state index < -0.39 is 11.9 Å². The van der Waals surface area contributed by atoms with Crippen LogP contribution in [0.1, 0.15) is 18.9 Å². The molecule has 1 aromatic carbocycles. The van der Waals surface area contributed by atoms with Crippen molar-refractivity contribution in [3.8, 4) is 0 Å². The number of aliphatic carboxylic acids is 1. The van der Waals surface area contributed by atoms with Gasteiger partial charge in [0.25, 0.3) is 0 Å². The second kappa shape index (κ2) is 6.39. The Morgan fingerprint density at radius 1 is 1.35 bits per heavy atom. The lowest BCUT2D eigenvalue weighted by atomic mass is 9.99. The van der Waals surface area contributed by atoms with Gasteiger partial charge in [-0.3, -0.25) is 9.59 Å². The number of carboxylic acids is 1. The maximum absolute atomic E-state index is 12.2. The fourth-order valence-electron chi connectivity index (χ4n) is 2.59. The maximum Gasteiger partial charge on any atom is 0.308 e. The van der Waals surface area contributed by atoms with Crippen LogP contribution in [-0.2, 0) is 16.0 Å². The van der Waals surface area contributed by atoms with Crippen molar-refractivity contribution in [2.75, 3.05) is 13.1 Å². The van der Waals surface area contributed by atoms with E-state index in [1.807, 2.05) is 31.2 Å². The van der Waals surface area contributed by atoms with E-state index in [4.69, 9.17) is 5.11 Å². The van der Waals surface area contributed by atoms with Gasteiger partial charge in [0, 0.05) is 24.0 Å². The van der Waals surface area contributed by atoms with Gasteiger partial charge in [-0.15, -0.1) is 0 Å². The number of aryl methyl sites for hydroxylation is 1. The summed E-state index contributed by atoms with van der Waals surface area (Å²) in [5.41, 5.74) is 1.10. The summed E-state index contributed by atoms with van der Waals surface area (Å²) in [7, 11) is 0. The lowest BCUT2D eigenvalue weighted by Crippen LogP contribution is -2.30. The fraction of sp³-hybridized carbons (Fsp3) is 0.467. The van der Waals surface area contributed by atoms with Gasteiger partial charge in [-0.25, -0.2) is 0 Å². The summed E-state index contributed by atoms with van der Waals surface area (Å²) < 4.78 is 1.01. The topological polar surface area (TPSA) is 57.6 Å². The molecule has 0 bridgehead atoms. The first-order valence-corrected chi connectivity index (χ1v) is 7.52. The van der Waals surface area contributed by atoms with Crippen LogP contribution in [0.2, 0.25) is 0 Å². The highest BCUT2D eigenvalue weighted by Crippen LogP contribution is 2.24. The first-order chi connectivity index (χ1) is 9.49. The fourth-order valence-corrected chi connectivity index (χ4v) is 3.08. The van der Waals surface area contributed by atoms with Gasteiger partial charge >= 0.3 is 5.97 Å². The van der Waals surface area contributed by atoms with E-state index in [1.54, 1.807) is 4.90 Å². The average molecular weight is 340 g/mol. The second-order valence-corrected chi connectivity index (χ2v) is 6.17. The zero-order valence-corrected chi connectivity index (χ0v) is 13.0.